The fourth-order valence-corrected chi connectivity index (χ4v) is 2.08. The highest BCUT2D eigenvalue weighted by Gasteiger charge is 2.11. The number of allylic oxidation sites excluding steroid dienone is 3. The normalized spacial score (nSPS) is 22.5. The van der Waals surface area contributed by atoms with E-state index in [4.69, 9.17) is 4.74 Å². The van der Waals surface area contributed by atoms with Crippen molar-refractivity contribution >= 4 is 5.91 Å². The molecule has 101 valence electrons. The molecule has 0 spiro atoms. The molecule has 0 heterocycles. The first-order chi connectivity index (χ1) is 9.34. The monoisotopic (exact) mass is 258 g/mol. The summed E-state index contributed by atoms with van der Waals surface area (Å²) < 4.78 is 5.58. The van der Waals surface area contributed by atoms with E-state index < -0.39 is 0 Å². The van der Waals surface area contributed by atoms with Crippen molar-refractivity contribution in [3.05, 3.63) is 30.3 Å². The molecule has 0 saturated heterocycles. The summed E-state index contributed by atoms with van der Waals surface area (Å²) in [5, 5.41) is 2.83. The van der Waals surface area contributed by atoms with Crippen molar-refractivity contribution in [1.29, 1.82) is 0 Å². The largest absolute Gasteiger partial charge is 0.356 e. The van der Waals surface area contributed by atoms with Crippen LogP contribution in [0, 0.1) is 18.3 Å². The van der Waals surface area contributed by atoms with Crippen LogP contribution in [-0.4, -0.2) is 18.6 Å². The Hall–Kier alpha value is -1.53. The first-order valence-electron chi connectivity index (χ1n) is 6.94. The lowest BCUT2D eigenvalue weighted by molar-refractivity contribution is -0.126. The zero-order valence-electron chi connectivity index (χ0n) is 11.2. The maximum absolute atomic E-state index is 11.7. The number of rotatable bonds is 4. The van der Waals surface area contributed by atoms with Crippen molar-refractivity contribution in [3.63, 3.8) is 0 Å². The molecule has 19 heavy (non-hydrogen) atoms. The molecule has 0 aromatic heterocycles. The minimum atomic E-state index is -0.110. The van der Waals surface area contributed by atoms with Gasteiger partial charge in [0.1, 0.15) is 12.7 Å². The van der Waals surface area contributed by atoms with E-state index in [0.717, 1.165) is 31.4 Å². The van der Waals surface area contributed by atoms with Crippen LogP contribution in [0.15, 0.2) is 23.9 Å². The number of amides is 1. The summed E-state index contributed by atoms with van der Waals surface area (Å²) >= 11 is 0. The number of hydrogen-bond donors (Lipinski definition) is 1. The second-order valence-corrected chi connectivity index (χ2v) is 4.76. The Balaban J connectivity index is 1.73. The molecular weight excluding hydrogens is 238 g/mol. The van der Waals surface area contributed by atoms with Crippen molar-refractivity contribution in [2.45, 2.75) is 44.6 Å². The van der Waals surface area contributed by atoms with Crippen LogP contribution in [0.1, 0.15) is 38.5 Å². The first kappa shape index (κ1) is 13.9. The lowest BCUT2D eigenvalue weighted by Crippen LogP contribution is -2.29. The van der Waals surface area contributed by atoms with Gasteiger partial charge >= 0.3 is 0 Å². The molecule has 1 unspecified atom stereocenters. The summed E-state index contributed by atoms with van der Waals surface area (Å²) in [4.78, 5) is 11.7. The summed E-state index contributed by atoms with van der Waals surface area (Å²) in [6.45, 7) is 0.0776. The van der Waals surface area contributed by atoms with Crippen molar-refractivity contribution < 1.29 is 9.53 Å². The zero-order chi connectivity index (χ0) is 13.3. The molecule has 1 N–H and O–H groups in total. The van der Waals surface area contributed by atoms with E-state index in [1.807, 2.05) is 24.6 Å². The summed E-state index contributed by atoms with van der Waals surface area (Å²) in [7, 11) is 0. The lowest BCUT2D eigenvalue weighted by atomic mass is 10.1. The molecule has 0 aromatic carbocycles. The Morgan fingerprint density at radius 2 is 2.37 bits per heavy atom. The van der Waals surface area contributed by atoms with Gasteiger partial charge in [0, 0.05) is 12.1 Å². The Morgan fingerprint density at radius 1 is 1.42 bits per heavy atom. The fraction of sp³-hybridized carbons (Fsp3) is 0.500. The number of nitrogens with one attached hydrogen (secondary N) is 1. The number of ether oxygens (including phenoxy) is 1. The van der Waals surface area contributed by atoms with Crippen molar-refractivity contribution in [2.24, 2.45) is 0 Å². The van der Waals surface area contributed by atoms with Gasteiger partial charge in [-0.25, -0.2) is 0 Å². The highest BCUT2D eigenvalue weighted by molar-refractivity contribution is 5.79. The van der Waals surface area contributed by atoms with Crippen molar-refractivity contribution in [2.75, 3.05) is 6.61 Å². The third kappa shape index (κ3) is 5.32. The van der Waals surface area contributed by atoms with Gasteiger partial charge in [-0.1, -0.05) is 24.5 Å². The van der Waals surface area contributed by atoms with Crippen molar-refractivity contribution in [1.82, 2.24) is 5.32 Å². The van der Waals surface area contributed by atoms with Crippen LogP contribution in [0.2, 0.25) is 0 Å². The molecule has 0 aromatic rings. The first-order valence-corrected chi connectivity index (χ1v) is 6.94. The molecule has 2 aliphatic rings. The van der Waals surface area contributed by atoms with Gasteiger partial charge in [-0.15, -0.1) is 5.92 Å². The maximum atomic E-state index is 11.7. The van der Waals surface area contributed by atoms with Crippen LogP contribution in [0.4, 0.5) is 0 Å². The van der Waals surface area contributed by atoms with E-state index in [-0.39, 0.29) is 18.6 Å². The van der Waals surface area contributed by atoms with E-state index in [9.17, 15) is 4.79 Å². The molecule has 3 nitrogen and oxygen atoms in total. The average molecular weight is 258 g/mol. The molecule has 2 aliphatic carbocycles. The SMILES string of the molecule is O=C(COC1C#CCCCCC1)NC1=CC[CH]C=C1. The predicted octanol–water partition coefficient (Wildman–Crippen LogP) is 2.50. The second kappa shape index (κ2) is 7.81. The minimum absolute atomic E-state index is 0.0776. The van der Waals surface area contributed by atoms with E-state index in [1.165, 1.54) is 12.8 Å². The highest BCUT2D eigenvalue weighted by atomic mass is 16.5. The van der Waals surface area contributed by atoms with Gasteiger partial charge in [-0.3, -0.25) is 4.79 Å². The fourth-order valence-electron chi connectivity index (χ4n) is 2.08. The smallest absolute Gasteiger partial charge is 0.250 e. The van der Waals surface area contributed by atoms with Crippen LogP contribution in [-0.2, 0) is 9.53 Å². The van der Waals surface area contributed by atoms with E-state index in [1.54, 1.807) is 0 Å². The molecule has 0 aliphatic heterocycles. The van der Waals surface area contributed by atoms with E-state index >= 15 is 0 Å². The summed E-state index contributed by atoms with van der Waals surface area (Å²) in [6, 6.07) is 0. The maximum Gasteiger partial charge on any atom is 0.250 e. The lowest BCUT2D eigenvalue weighted by Gasteiger charge is -2.14. The van der Waals surface area contributed by atoms with Crippen LogP contribution >= 0.6 is 0 Å². The van der Waals surface area contributed by atoms with Gasteiger partial charge in [0.2, 0.25) is 5.91 Å². The van der Waals surface area contributed by atoms with Gasteiger partial charge in [0.15, 0.2) is 0 Å². The summed E-state index contributed by atoms with van der Waals surface area (Å²) in [5.41, 5.74) is 0.847. The standard InChI is InChI=1S/C16H20NO2/c18-16(17-14-9-5-4-6-10-14)13-19-15-11-7-2-1-3-8-12-15/h4-5,9-10,15H,1-3,6-7,11,13H2,(H,17,18). The van der Waals surface area contributed by atoms with Crippen LogP contribution < -0.4 is 5.32 Å². The molecule has 0 saturated carbocycles. The van der Waals surface area contributed by atoms with E-state index in [2.05, 4.69) is 17.2 Å². The van der Waals surface area contributed by atoms with Gasteiger partial charge < -0.3 is 10.1 Å². The minimum Gasteiger partial charge on any atom is -0.356 e. The molecular formula is C16H20NO2. The Labute approximate surface area is 115 Å². The van der Waals surface area contributed by atoms with Gasteiger partial charge in [0.25, 0.3) is 0 Å². The predicted molar refractivity (Wildman–Crippen MR) is 74.9 cm³/mol. The quantitative estimate of drug-likeness (QED) is 0.787. The average Bonchev–Trinajstić information content (AvgIpc) is 2.38. The molecule has 0 bridgehead atoms. The third-order valence-electron chi connectivity index (χ3n) is 3.12. The summed E-state index contributed by atoms with van der Waals surface area (Å²) in [6.07, 6.45) is 14.0. The highest BCUT2D eigenvalue weighted by Crippen LogP contribution is 2.11. The molecule has 3 heteroatoms. The second-order valence-electron chi connectivity index (χ2n) is 4.76. The van der Waals surface area contributed by atoms with Gasteiger partial charge in [-0.05, 0) is 38.2 Å². The molecule has 1 atom stereocenters. The van der Waals surface area contributed by atoms with Crippen LogP contribution in [0.25, 0.3) is 0 Å². The Morgan fingerprint density at radius 3 is 3.21 bits per heavy atom. The van der Waals surface area contributed by atoms with Crippen LogP contribution in [0.5, 0.6) is 0 Å². The topological polar surface area (TPSA) is 38.3 Å². The molecule has 0 fully saturated rings. The Bertz CT molecular complexity index is 426. The van der Waals surface area contributed by atoms with Crippen LogP contribution in [0.3, 0.4) is 0 Å². The third-order valence-corrected chi connectivity index (χ3v) is 3.12. The van der Waals surface area contributed by atoms with Gasteiger partial charge in [0.05, 0.1) is 0 Å². The Kier molecular flexibility index (Phi) is 5.71. The van der Waals surface area contributed by atoms with Gasteiger partial charge in [-0.2, -0.15) is 0 Å². The van der Waals surface area contributed by atoms with Crippen molar-refractivity contribution in [3.8, 4) is 11.8 Å². The summed E-state index contributed by atoms with van der Waals surface area (Å²) in [5.74, 6) is 6.09. The van der Waals surface area contributed by atoms with E-state index in [0.29, 0.717) is 0 Å². The number of carbonyl (C=O) groups excluding carboxylic acids is 1. The zero-order valence-corrected chi connectivity index (χ0v) is 11.2. The molecule has 1 radical (unpaired) electrons. The molecule has 1 amide bonds. The molecule has 2 rings (SSSR count). The number of carbonyl (C=O) groups is 1. The number of hydrogen-bond acceptors (Lipinski definition) is 2.